The molecule has 2 rings (SSSR count). The molecule has 4 nitrogen and oxygen atoms in total. The Labute approximate surface area is 125 Å². The van der Waals surface area contributed by atoms with Crippen molar-refractivity contribution in [3.05, 3.63) is 51.5 Å². The number of ether oxygens (including phenoxy) is 1. The van der Waals surface area contributed by atoms with Crippen molar-refractivity contribution in [2.24, 2.45) is 5.73 Å². The van der Waals surface area contributed by atoms with Crippen molar-refractivity contribution < 1.29 is 18.7 Å². The SMILES string of the molecule is CCc1ccc(C(=O)COc2cccc(F)c2C(N)=O)s1. The summed E-state index contributed by atoms with van der Waals surface area (Å²) in [5.41, 5.74) is 4.77. The minimum Gasteiger partial charge on any atom is -0.484 e. The Kier molecular flexibility index (Phi) is 4.70. The smallest absolute Gasteiger partial charge is 0.255 e. The second kappa shape index (κ2) is 6.49. The lowest BCUT2D eigenvalue weighted by molar-refractivity contribution is 0.0914. The topological polar surface area (TPSA) is 69.4 Å². The molecule has 0 aliphatic heterocycles. The number of ketones is 1. The van der Waals surface area contributed by atoms with E-state index < -0.39 is 11.7 Å². The van der Waals surface area contributed by atoms with Crippen LogP contribution in [0.2, 0.25) is 0 Å². The number of aryl methyl sites for hydroxylation is 1. The summed E-state index contributed by atoms with van der Waals surface area (Å²) in [7, 11) is 0. The highest BCUT2D eigenvalue weighted by Crippen LogP contribution is 2.22. The first-order chi connectivity index (χ1) is 10.0. The summed E-state index contributed by atoms with van der Waals surface area (Å²) in [5, 5.41) is 0. The highest BCUT2D eigenvalue weighted by atomic mass is 32.1. The predicted molar refractivity (Wildman–Crippen MR) is 78.4 cm³/mol. The summed E-state index contributed by atoms with van der Waals surface area (Å²) in [5.74, 6) is -1.95. The molecule has 0 fully saturated rings. The average Bonchev–Trinajstić information content (AvgIpc) is 2.93. The van der Waals surface area contributed by atoms with Crippen LogP contribution in [0.15, 0.2) is 30.3 Å². The van der Waals surface area contributed by atoms with Crippen molar-refractivity contribution in [2.45, 2.75) is 13.3 Å². The second-order valence-electron chi connectivity index (χ2n) is 4.31. The maximum atomic E-state index is 13.5. The minimum atomic E-state index is -0.931. The van der Waals surface area contributed by atoms with Crippen LogP contribution >= 0.6 is 11.3 Å². The van der Waals surface area contributed by atoms with Crippen LogP contribution in [0.3, 0.4) is 0 Å². The molecule has 0 aliphatic carbocycles. The summed E-state index contributed by atoms with van der Waals surface area (Å²) in [4.78, 5) is 24.9. The number of nitrogens with two attached hydrogens (primary N) is 1. The number of primary amides is 1. The van der Waals surface area contributed by atoms with Gasteiger partial charge in [0.05, 0.1) is 4.88 Å². The lowest BCUT2D eigenvalue weighted by atomic mass is 10.2. The molecule has 0 bridgehead atoms. The first-order valence-corrected chi connectivity index (χ1v) is 7.17. The molecule has 2 aromatic rings. The van der Waals surface area contributed by atoms with Gasteiger partial charge in [0.15, 0.2) is 6.61 Å². The van der Waals surface area contributed by atoms with Gasteiger partial charge in [-0.3, -0.25) is 9.59 Å². The first kappa shape index (κ1) is 15.2. The zero-order valence-electron chi connectivity index (χ0n) is 11.4. The molecule has 0 radical (unpaired) electrons. The fourth-order valence-electron chi connectivity index (χ4n) is 1.80. The molecule has 6 heteroatoms. The van der Waals surface area contributed by atoms with Crippen molar-refractivity contribution in [2.75, 3.05) is 6.61 Å². The Morgan fingerprint density at radius 3 is 2.67 bits per heavy atom. The molecule has 1 aromatic heterocycles. The van der Waals surface area contributed by atoms with E-state index in [4.69, 9.17) is 10.5 Å². The quantitative estimate of drug-likeness (QED) is 0.834. The van der Waals surface area contributed by atoms with Crippen LogP contribution in [0.25, 0.3) is 0 Å². The number of amides is 1. The van der Waals surface area contributed by atoms with Crippen LogP contribution in [0, 0.1) is 5.82 Å². The fraction of sp³-hybridized carbons (Fsp3) is 0.200. The standard InChI is InChI=1S/C15H14FNO3S/c1-2-9-6-7-13(21-9)11(18)8-20-12-5-3-4-10(16)14(12)15(17)19/h3-7H,2,8H2,1H3,(H2,17,19). The van der Waals surface area contributed by atoms with Crippen LogP contribution in [0.1, 0.15) is 31.8 Å². The normalized spacial score (nSPS) is 10.4. The van der Waals surface area contributed by atoms with Gasteiger partial charge in [-0.25, -0.2) is 4.39 Å². The predicted octanol–water partition coefficient (Wildman–Crippen LogP) is 2.81. The van der Waals surface area contributed by atoms with Gasteiger partial charge < -0.3 is 10.5 Å². The highest BCUT2D eigenvalue weighted by Gasteiger charge is 2.17. The monoisotopic (exact) mass is 307 g/mol. The van der Waals surface area contributed by atoms with Crippen LogP contribution < -0.4 is 10.5 Å². The summed E-state index contributed by atoms with van der Waals surface area (Å²) in [6, 6.07) is 7.52. The van der Waals surface area contributed by atoms with Crippen LogP contribution in [-0.4, -0.2) is 18.3 Å². The molecule has 0 saturated carbocycles. The van der Waals surface area contributed by atoms with Crippen molar-refractivity contribution >= 4 is 23.0 Å². The van der Waals surface area contributed by atoms with Gasteiger partial charge in [-0.05, 0) is 30.7 Å². The van der Waals surface area contributed by atoms with Crippen molar-refractivity contribution in [3.8, 4) is 5.75 Å². The van der Waals surface area contributed by atoms with Gasteiger partial charge in [0, 0.05) is 4.88 Å². The molecule has 21 heavy (non-hydrogen) atoms. The molecule has 2 N–H and O–H groups in total. The lowest BCUT2D eigenvalue weighted by Gasteiger charge is -2.09. The van der Waals surface area contributed by atoms with E-state index in [2.05, 4.69) is 0 Å². The maximum Gasteiger partial charge on any atom is 0.255 e. The number of Topliss-reactive ketones (excluding diaryl/α,β-unsaturated/α-hetero) is 1. The largest absolute Gasteiger partial charge is 0.484 e. The van der Waals surface area contributed by atoms with E-state index in [9.17, 15) is 14.0 Å². The summed E-state index contributed by atoms with van der Waals surface area (Å²) < 4.78 is 18.8. The van der Waals surface area contributed by atoms with Crippen molar-refractivity contribution in [1.29, 1.82) is 0 Å². The number of carbonyl (C=O) groups is 2. The molecule has 0 aliphatic rings. The summed E-state index contributed by atoms with van der Waals surface area (Å²) in [6.07, 6.45) is 0.856. The van der Waals surface area contributed by atoms with Gasteiger partial charge in [-0.2, -0.15) is 0 Å². The number of rotatable bonds is 6. The Balaban J connectivity index is 2.11. The van der Waals surface area contributed by atoms with Gasteiger partial charge >= 0.3 is 0 Å². The van der Waals surface area contributed by atoms with Gasteiger partial charge in [-0.1, -0.05) is 13.0 Å². The van der Waals surface area contributed by atoms with E-state index in [0.29, 0.717) is 4.88 Å². The maximum absolute atomic E-state index is 13.5. The van der Waals surface area contributed by atoms with E-state index in [-0.39, 0.29) is 23.7 Å². The van der Waals surface area contributed by atoms with Crippen LogP contribution in [0.5, 0.6) is 5.75 Å². The molecule has 110 valence electrons. The molecular formula is C15H14FNO3S. The van der Waals surface area contributed by atoms with Gasteiger partial charge in [-0.15, -0.1) is 11.3 Å². The van der Waals surface area contributed by atoms with Gasteiger partial charge in [0.1, 0.15) is 17.1 Å². The van der Waals surface area contributed by atoms with E-state index in [1.807, 2.05) is 13.0 Å². The van der Waals surface area contributed by atoms with E-state index in [1.165, 1.54) is 23.5 Å². The first-order valence-electron chi connectivity index (χ1n) is 6.36. The Hall–Kier alpha value is -2.21. The van der Waals surface area contributed by atoms with Crippen LogP contribution in [0.4, 0.5) is 4.39 Å². The third-order valence-corrected chi connectivity index (χ3v) is 4.14. The van der Waals surface area contributed by atoms with Crippen molar-refractivity contribution in [3.63, 3.8) is 0 Å². The zero-order valence-corrected chi connectivity index (χ0v) is 12.2. The lowest BCUT2D eigenvalue weighted by Crippen LogP contribution is -2.17. The average molecular weight is 307 g/mol. The molecule has 0 spiro atoms. The number of hydrogen-bond donors (Lipinski definition) is 1. The highest BCUT2D eigenvalue weighted by molar-refractivity contribution is 7.14. The molecule has 1 aromatic carbocycles. The second-order valence-corrected chi connectivity index (χ2v) is 5.48. The molecule has 0 unspecified atom stereocenters. The number of benzene rings is 1. The summed E-state index contributed by atoms with van der Waals surface area (Å²) >= 11 is 1.39. The third kappa shape index (κ3) is 3.46. The molecule has 0 atom stereocenters. The minimum absolute atomic E-state index is 0.0249. The number of carbonyl (C=O) groups excluding carboxylic acids is 2. The third-order valence-electron chi connectivity index (χ3n) is 2.87. The molecule has 1 heterocycles. The number of thiophene rings is 1. The van der Waals surface area contributed by atoms with E-state index in [0.717, 1.165) is 17.4 Å². The number of halogens is 1. The Morgan fingerprint density at radius 2 is 2.05 bits per heavy atom. The molecule has 1 amide bonds. The Morgan fingerprint density at radius 1 is 1.29 bits per heavy atom. The summed E-state index contributed by atoms with van der Waals surface area (Å²) in [6.45, 7) is 1.73. The fourth-order valence-corrected chi connectivity index (χ4v) is 2.67. The van der Waals surface area contributed by atoms with Gasteiger partial charge in [0.2, 0.25) is 5.78 Å². The van der Waals surface area contributed by atoms with E-state index in [1.54, 1.807) is 6.07 Å². The van der Waals surface area contributed by atoms with E-state index >= 15 is 0 Å². The zero-order chi connectivity index (χ0) is 15.4. The molecular weight excluding hydrogens is 293 g/mol. The van der Waals surface area contributed by atoms with Crippen LogP contribution in [-0.2, 0) is 6.42 Å². The molecule has 0 saturated heterocycles. The number of hydrogen-bond acceptors (Lipinski definition) is 4. The van der Waals surface area contributed by atoms with Crippen molar-refractivity contribution in [1.82, 2.24) is 0 Å². The van der Waals surface area contributed by atoms with Gasteiger partial charge in [0.25, 0.3) is 5.91 Å². The Bertz CT molecular complexity index is 681.